The largest absolute Gasteiger partial charge is 0.371 e. The van der Waals surface area contributed by atoms with E-state index in [4.69, 9.17) is 0 Å². The Hall–Kier alpha value is -5.27. The van der Waals surface area contributed by atoms with Crippen LogP contribution < -0.4 is 10.2 Å². The van der Waals surface area contributed by atoms with Crippen LogP contribution in [0.15, 0.2) is 48.5 Å². The van der Waals surface area contributed by atoms with Gasteiger partial charge in [0.05, 0.1) is 17.2 Å². The summed E-state index contributed by atoms with van der Waals surface area (Å²) in [4.78, 5) is 61.5. The summed E-state index contributed by atoms with van der Waals surface area (Å²) >= 11 is 0. The van der Waals surface area contributed by atoms with Crippen LogP contribution in [0.1, 0.15) is 119 Å². The number of rotatable bonds is 7. The Morgan fingerprint density at radius 3 is 2.48 bits per heavy atom. The molecule has 4 aliphatic heterocycles. The topological polar surface area (TPSA) is 130 Å². The van der Waals surface area contributed by atoms with E-state index in [1.54, 1.807) is 11.0 Å². The van der Waals surface area contributed by atoms with Gasteiger partial charge < -0.3 is 19.7 Å². The van der Waals surface area contributed by atoms with Crippen LogP contribution in [0.5, 0.6) is 0 Å². The number of carbonyl (C=O) groups excluding carboxylic acids is 4. The molecule has 1 unspecified atom stereocenters. The fourth-order valence-electron chi connectivity index (χ4n) is 9.81. The van der Waals surface area contributed by atoms with Crippen molar-refractivity contribution in [3.05, 3.63) is 98.7 Å². The first kappa shape index (κ1) is 34.5. The van der Waals surface area contributed by atoms with Crippen molar-refractivity contribution in [3.63, 3.8) is 0 Å². The fourth-order valence-corrected chi connectivity index (χ4v) is 9.81. The Morgan fingerprint density at radius 2 is 1.74 bits per heavy atom. The quantitative estimate of drug-likeness (QED) is 0.226. The number of fused-ring (bicyclic) bond motifs is 5. The summed E-state index contributed by atoms with van der Waals surface area (Å²) in [7, 11) is 0. The van der Waals surface area contributed by atoms with Crippen molar-refractivity contribution in [1.29, 1.82) is 5.26 Å². The Balaban J connectivity index is 0.809. The number of imide groups is 1. The molecular formula is C44H46N6O4. The van der Waals surface area contributed by atoms with Crippen molar-refractivity contribution in [2.45, 2.75) is 83.2 Å². The maximum Gasteiger partial charge on any atom is 0.255 e. The predicted molar refractivity (Wildman–Crippen MR) is 206 cm³/mol. The maximum absolute atomic E-state index is 14.0. The number of nitrogens with one attached hydrogen (secondary N) is 2. The zero-order chi connectivity index (χ0) is 37.5. The Kier molecular flexibility index (Phi) is 8.27. The third kappa shape index (κ3) is 5.55. The van der Waals surface area contributed by atoms with Crippen molar-refractivity contribution < 1.29 is 19.2 Å². The van der Waals surface area contributed by atoms with E-state index < -0.39 is 11.5 Å². The SMILES string of the molecule is CCc1cc2c(cc1N1CC(CCN3CCC(c4ccc5c(c4)CN(C4CCC(=O)NC4=O)C5=O)CC3)C1)C(C)(C)c1[nH]c3cc(C#N)ccc3c1C2=O. The normalized spacial score (nSPS) is 21.5. The highest BCUT2D eigenvalue weighted by Crippen LogP contribution is 2.46. The second-order valence-corrected chi connectivity index (χ2v) is 16.6. The van der Waals surface area contributed by atoms with Gasteiger partial charge in [0.1, 0.15) is 6.04 Å². The maximum atomic E-state index is 14.0. The summed E-state index contributed by atoms with van der Waals surface area (Å²) in [6.45, 7) is 12.2. The first-order valence-electron chi connectivity index (χ1n) is 19.6. The van der Waals surface area contributed by atoms with Gasteiger partial charge in [-0.15, -0.1) is 0 Å². The number of nitrogens with zero attached hydrogens (tertiary/aromatic N) is 4. The Bertz CT molecular complexity index is 2300. The smallest absolute Gasteiger partial charge is 0.255 e. The first-order chi connectivity index (χ1) is 26.0. The van der Waals surface area contributed by atoms with Gasteiger partial charge in [0.15, 0.2) is 5.78 Å². The lowest BCUT2D eigenvalue weighted by atomic mass is 9.70. The summed E-state index contributed by atoms with van der Waals surface area (Å²) in [6, 6.07) is 17.8. The molecule has 3 aromatic carbocycles. The van der Waals surface area contributed by atoms with Gasteiger partial charge in [0.25, 0.3) is 5.91 Å². The fraction of sp³-hybridized carbons (Fsp3) is 0.432. The number of aromatic amines is 1. The summed E-state index contributed by atoms with van der Waals surface area (Å²) in [5.41, 5.74) is 9.93. The Morgan fingerprint density at radius 1 is 0.944 bits per heavy atom. The van der Waals surface area contributed by atoms with Gasteiger partial charge in [0.2, 0.25) is 11.8 Å². The molecule has 2 N–H and O–H groups in total. The molecule has 5 heterocycles. The van der Waals surface area contributed by atoms with Crippen LogP contribution in [0.3, 0.4) is 0 Å². The molecule has 0 spiro atoms. The minimum absolute atomic E-state index is 0.0597. The highest BCUT2D eigenvalue weighted by Gasteiger charge is 2.42. The molecule has 3 fully saturated rings. The molecular weight excluding hydrogens is 677 g/mol. The van der Waals surface area contributed by atoms with Crippen LogP contribution in [0.4, 0.5) is 5.69 Å². The third-order valence-corrected chi connectivity index (χ3v) is 13.1. The van der Waals surface area contributed by atoms with Gasteiger partial charge >= 0.3 is 0 Å². The zero-order valence-electron chi connectivity index (χ0n) is 31.3. The number of aryl methyl sites for hydroxylation is 1. The molecule has 1 aromatic heterocycles. The molecule has 9 rings (SSSR count). The highest BCUT2D eigenvalue weighted by atomic mass is 16.2. The number of hydrogen-bond acceptors (Lipinski definition) is 7. The number of ketones is 1. The lowest BCUT2D eigenvalue weighted by Gasteiger charge is -2.44. The van der Waals surface area contributed by atoms with Gasteiger partial charge in [-0.2, -0.15) is 5.26 Å². The highest BCUT2D eigenvalue weighted by molar-refractivity contribution is 6.20. The molecule has 5 aliphatic rings. The number of nitriles is 1. The van der Waals surface area contributed by atoms with E-state index in [0.717, 1.165) is 97.3 Å². The first-order valence-corrected chi connectivity index (χ1v) is 19.6. The predicted octanol–water partition coefficient (Wildman–Crippen LogP) is 5.94. The number of benzene rings is 3. The summed E-state index contributed by atoms with van der Waals surface area (Å²) in [5.74, 6) is 0.385. The molecule has 54 heavy (non-hydrogen) atoms. The van der Waals surface area contributed by atoms with Crippen LogP contribution in [0.2, 0.25) is 0 Å². The average Bonchev–Trinajstić information content (AvgIpc) is 3.71. The summed E-state index contributed by atoms with van der Waals surface area (Å²) < 4.78 is 0. The number of hydrogen-bond donors (Lipinski definition) is 2. The standard InChI is InChI=1S/C44H46N6O4/c1-4-27-19-33-34(44(2,3)41-39(40(33)52)32-7-5-25(21-45)17-35(32)46-41)20-37(27)49-22-26(23-49)11-14-48-15-12-28(13-16-48)29-6-8-31-30(18-29)24-50(43(31)54)36-9-10-38(51)47-42(36)53/h5-8,17-20,26,28,36,46H,4,9-16,22-24H2,1-3H3,(H,47,51,53). The molecule has 1 aliphatic carbocycles. The van der Waals surface area contributed by atoms with Crippen LogP contribution >= 0.6 is 0 Å². The van der Waals surface area contributed by atoms with Gasteiger partial charge in [-0.1, -0.05) is 39.0 Å². The van der Waals surface area contributed by atoms with Gasteiger partial charge in [-0.3, -0.25) is 24.5 Å². The van der Waals surface area contributed by atoms with E-state index in [1.807, 2.05) is 18.2 Å². The van der Waals surface area contributed by atoms with Gasteiger partial charge in [0, 0.05) is 64.9 Å². The number of anilines is 1. The average molecular weight is 723 g/mol. The zero-order valence-corrected chi connectivity index (χ0v) is 31.3. The van der Waals surface area contributed by atoms with Crippen LogP contribution in [0, 0.1) is 17.2 Å². The molecule has 0 bridgehead atoms. The Labute approximate surface area is 315 Å². The molecule has 1 atom stereocenters. The number of likely N-dealkylation sites (tertiary alicyclic amines) is 1. The molecule has 276 valence electrons. The minimum atomic E-state index is -0.586. The lowest BCUT2D eigenvalue weighted by molar-refractivity contribution is -0.136. The van der Waals surface area contributed by atoms with Crippen molar-refractivity contribution in [3.8, 4) is 6.07 Å². The van der Waals surface area contributed by atoms with Crippen molar-refractivity contribution >= 4 is 40.1 Å². The van der Waals surface area contributed by atoms with Gasteiger partial charge in [-0.25, -0.2) is 0 Å². The van der Waals surface area contributed by atoms with Crippen molar-refractivity contribution in [2.75, 3.05) is 37.6 Å². The molecule has 4 aromatic rings. The lowest BCUT2D eigenvalue weighted by Crippen LogP contribution is -2.52. The summed E-state index contributed by atoms with van der Waals surface area (Å²) in [5, 5.41) is 12.7. The second-order valence-electron chi connectivity index (χ2n) is 16.6. The second kappa shape index (κ2) is 12.9. The van der Waals surface area contributed by atoms with E-state index >= 15 is 0 Å². The number of piperidine rings is 2. The third-order valence-electron chi connectivity index (χ3n) is 13.1. The van der Waals surface area contributed by atoms with Gasteiger partial charge in [-0.05, 0) is 116 Å². The van der Waals surface area contributed by atoms with Crippen LogP contribution in [0.25, 0.3) is 10.9 Å². The molecule has 0 saturated carbocycles. The van der Waals surface area contributed by atoms with E-state index in [9.17, 15) is 24.4 Å². The summed E-state index contributed by atoms with van der Waals surface area (Å²) in [6.07, 6.45) is 4.83. The molecule has 0 radical (unpaired) electrons. The van der Waals surface area contributed by atoms with E-state index in [2.05, 4.69) is 71.2 Å². The number of carbonyl (C=O) groups is 4. The molecule has 10 nitrogen and oxygen atoms in total. The van der Waals surface area contributed by atoms with Crippen molar-refractivity contribution in [1.82, 2.24) is 20.1 Å². The van der Waals surface area contributed by atoms with Crippen LogP contribution in [-0.2, 0) is 28.0 Å². The van der Waals surface area contributed by atoms with E-state index in [-0.39, 0.29) is 29.9 Å². The van der Waals surface area contributed by atoms with Crippen LogP contribution in [-0.4, -0.2) is 77.1 Å². The van der Waals surface area contributed by atoms with Crippen molar-refractivity contribution in [2.24, 2.45) is 5.92 Å². The van der Waals surface area contributed by atoms with E-state index in [0.29, 0.717) is 35.9 Å². The molecule has 10 heteroatoms. The molecule has 3 saturated heterocycles. The number of aromatic nitrogens is 1. The minimum Gasteiger partial charge on any atom is -0.371 e. The van der Waals surface area contributed by atoms with E-state index in [1.165, 1.54) is 16.8 Å². The number of amides is 3. The monoisotopic (exact) mass is 722 g/mol. The molecule has 3 amide bonds. The number of H-pyrrole nitrogens is 1.